The first kappa shape index (κ1) is 17.5. The molecule has 2 heteroatoms. The van der Waals surface area contributed by atoms with Crippen molar-refractivity contribution in [1.82, 2.24) is 4.90 Å². The van der Waals surface area contributed by atoms with Crippen LogP contribution in [0.2, 0.25) is 0 Å². The molecule has 2 rings (SSSR count). The lowest BCUT2D eigenvalue weighted by atomic mass is 10.00. The van der Waals surface area contributed by atoms with E-state index in [4.69, 9.17) is 5.11 Å². The first-order valence-electron chi connectivity index (χ1n) is 8.30. The maximum absolute atomic E-state index is 9.15. The summed E-state index contributed by atoms with van der Waals surface area (Å²) >= 11 is 0. The Labute approximate surface area is 140 Å². The van der Waals surface area contributed by atoms with Crippen molar-refractivity contribution in [2.75, 3.05) is 6.61 Å². The van der Waals surface area contributed by atoms with Crippen LogP contribution in [0.4, 0.5) is 0 Å². The lowest BCUT2D eigenvalue weighted by Gasteiger charge is -2.33. The Morgan fingerprint density at radius 1 is 0.870 bits per heavy atom. The van der Waals surface area contributed by atoms with Crippen LogP contribution < -0.4 is 0 Å². The Kier molecular flexibility index (Phi) is 7.05. The lowest BCUT2D eigenvalue weighted by Crippen LogP contribution is -2.36. The van der Waals surface area contributed by atoms with E-state index in [0.717, 1.165) is 13.1 Å². The second-order valence-corrected chi connectivity index (χ2v) is 6.22. The molecule has 122 valence electrons. The molecular formula is C21H27NO. The van der Waals surface area contributed by atoms with E-state index in [0.29, 0.717) is 12.0 Å². The number of benzene rings is 2. The van der Waals surface area contributed by atoms with E-state index in [9.17, 15) is 0 Å². The van der Waals surface area contributed by atoms with Crippen LogP contribution in [0.15, 0.2) is 72.8 Å². The summed E-state index contributed by atoms with van der Waals surface area (Å²) in [7, 11) is 0. The summed E-state index contributed by atoms with van der Waals surface area (Å²) in [6.45, 7) is 6.35. The van der Waals surface area contributed by atoms with Crippen molar-refractivity contribution in [3.05, 3.63) is 83.9 Å². The van der Waals surface area contributed by atoms with Crippen LogP contribution in [0.25, 0.3) is 0 Å². The van der Waals surface area contributed by atoms with Gasteiger partial charge in [-0.1, -0.05) is 86.7 Å². The minimum atomic E-state index is 0.0910. The average molecular weight is 309 g/mol. The SMILES string of the molecule is CC(C)C(/C=C/CO)N(Cc1ccccc1)Cc1ccccc1. The zero-order chi connectivity index (χ0) is 16.5. The predicted octanol–water partition coefficient (Wildman–Crippen LogP) is 4.26. The smallest absolute Gasteiger partial charge is 0.0612 e. The van der Waals surface area contributed by atoms with Crippen LogP contribution >= 0.6 is 0 Å². The number of aliphatic hydroxyl groups is 1. The Balaban J connectivity index is 2.23. The molecule has 0 spiro atoms. The molecule has 0 bridgehead atoms. The van der Waals surface area contributed by atoms with E-state index in [2.05, 4.69) is 85.5 Å². The number of hydrogen-bond donors (Lipinski definition) is 1. The summed E-state index contributed by atoms with van der Waals surface area (Å²) in [5.41, 5.74) is 2.62. The number of nitrogens with zero attached hydrogens (tertiary/aromatic N) is 1. The molecule has 0 aromatic heterocycles. The van der Waals surface area contributed by atoms with Crippen molar-refractivity contribution in [2.45, 2.75) is 33.0 Å². The molecule has 0 saturated carbocycles. The Bertz CT molecular complexity index is 536. The van der Waals surface area contributed by atoms with Crippen molar-refractivity contribution in [2.24, 2.45) is 5.92 Å². The third kappa shape index (κ3) is 5.66. The summed E-state index contributed by atoms with van der Waals surface area (Å²) in [5.74, 6) is 0.477. The van der Waals surface area contributed by atoms with E-state index in [1.165, 1.54) is 11.1 Å². The monoisotopic (exact) mass is 309 g/mol. The first-order chi connectivity index (χ1) is 11.2. The number of rotatable bonds is 8. The highest BCUT2D eigenvalue weighted by Crippen LogP contribution is 2.19. The summed E-state index contributed by atoms with van der Waals surface area (Å²) in [6.07, 6.45) is 3.99. The van der Waals surface area contributed by atoms with Gasteiger partial charge in [-0.05, 0) is 17.0 Å². The molecule has 2 nitrogen and oxygen atoms in total. The van der Waals surface area contributed by atoms with Crippen LogP contribution in [-0.4, -0.2) is 22.7 Å². The highest BCUT2D eigenvalue weighted by molar-refractivity contribution is 5.18. The van der Waals surface area contributed by atoms with Gasteiger partial charge in [-0.2, -0.15) is 0 Å². The van der Waals surface area contributed by atoms with Crippen LogP contribution in [0.3, 0.4) is 0 Å². The molecule has 0 aliphatic rings. The van der Waals surface area contributed by atoms with Gasteiger partial charge < -0.3 is 5.11 Å². The van der Waals surface area contributed by atoms with E-state index in [-0.39, 0.29) is 6.61 Å². The van der Waals surface area contributed by atoms with Gasteiger partial charge in [-0.3, -0.25) is 4.90 Å². The Hall–Kier alpha value is -1.90. The van der Waals surface area contributed by atoms with Gasteiger partial charge in [0.05, 0.1) is 6.61 Å². The molecular weight excluding hydrogens is 282 g/mol. The fraction of sp³-hybridized carbons (Fsp3) is 0.333. The summed E-state index contributed by atoms with van der Waals surface area (Å²) in [5, 5.41) is 9.15. The number of hydrogen-bond acceptors (Lipinski definition) is 2. The largest absolute Gasteiger partial charge is 0.392 e. The van der Waals surface area contributed by atoms with E-state index >= 15 is 0 Å². The summed E-state index contributed by atoms with van der Waals surface area (Å²) in [4.78, 5) is 2.47. The predicted molar refractivity (Wildman–Crippen MR) is 97.0 cm³/mol. The van der Waals surface area contributed by atoms with Crippen molar-refractivity contribution < 1.29 is 5.11 Å². The van der Waals surface area contributed by atoms with E-state index in [1.54, 1.807) is 0 Å². The normalized spacial score (nSPS) is 13.1. The molecule has 1 unspecified atom stereocenters. The highest BCUT2D eigenvalue weighted by atomic mass is 16.2. The topological polar surface area (TPSA) is 23.5 Å². The third-order valence-electron chi connectivity index (χ3n) is 4.00. The van der Waals surface area contributed by atoms with Crippen molar-refractivity contribution in [3.63, 3.8) is 0 Å². The molecule has 1 atom stereocenters. The molecule has 0 amide bonds. The molecule has 2 aromatic rings. The van der Waals surface area contributed by atoms with Gasteiger partial charge in [0.2, 0.25) is 0 Å². The Morgan fingerprint density at radius 2 is 1.35 bits per heavy atom. The summed E-state index contributed by atoms with van der Waals surface area (Å²) < 4.78 is 0. The van der Waals surface area contributed by atoms with Crippen molar-refractivity contribution >= 4 is 0 Å². The standard InChI is InChI=1S/C21H27NO/c1-18(2)21(14-9-15-23)22(16-19-10-5-3-6-11-19)17-20-12-7-4-8-13-20/h3-14,18,21,23H,15-17H2,1-2H3/b14-9+. The highest BCUT2D eigenvalue weighted by Gasteiger charge is 2.19. The summed E-state index contributed by atoms with van der Waals surface area (Å²) in [6, 6.07) is 21.4. The molecule has 2 aromatic carbocycles. The molecule has 0 aliphatic carbocycles. The molecule has 0 radical (unpaired) electrons. The maximum atomic E-state index is 9.15. The second-order valence-electron chi connectivity index (χ2n) is 6.22. The van der Waals surface area contributed by atoms with Crippen molar-refractivity contribution in [1.29, 1.82) is 0 Å². The first-order valence-corrected chi connectivity index (χ1v) is 8.30. The quantitative estimate of drug-likeness (QED) is 0.736. The minimum absolute atomic E-state index is 0.0910. The molecule has 0 fully saturated rings. The van der Waals surface area contributed by atoms with Gasteiger partial charge in [0.25, 0.3) is 0 Å². The zero-order valence-corrected chi connectivity index (χ0v) is 14.1. The molecule has 0 aliphatic heterocycles. The molecule has 0 heterocycles. The van der Waals surface area contributed by atoms with Gasteiger partial charge in [-0.25, -0.2) is 0 Å². The zero-order valence-electron chi connectivity index (χ0n) is 14.1. The van der Waals surface area contributed by atoms with Crippen LogP contribution in [-0.2, 0) is 13.1 Å². The average Bonchev–Trinajstić information content (AvgIpc) is 2.56. The van der Waals surface area contributed by atoms with Crippen LogP contribution in [0.1, 0.15) is 25.0 Å². The fourth-order valence-corrected chi connectivity index (χ4v) is 2.87. The van der Waals surface area contributed by atoms with Gasteiger partial charge in [0, 0.05) is 19.1 Å². The molecule has 0 saturated heterocycles. The lowest BCUT2D eigenvalue weighted by molar-refractivity contribution is 0.172. The van der Waals surface area contributed by atoms with Gasteiger partial charge >= 0.3 is 0 Å². The molecule has 1 N–H and O–H groups in total. The van der Waals surface area contributed by atoms with Gasteiger partial charge in [0.15, 0.2) is 0 Å². The maximum Gasteiger partial charge on any atom is 0.0612 e. The van der Waals surface area contributed by atoms with Crippen molar-refractivity contribution in [3.8, 4) is 0 Å². The molecule has 23 heavy (non-hydrogen) atoms. The fourth-order valence-electron chi connectivity index (χ4n) is 2.87. The van der Waals surface area contributed by atoms with E-state index in [1.807, 2.05) is 6.08 Å². The minimum Gasteiger partial charge on any atom is -0.392 e. The number of aliphatic hydroxyl groups excluding tert-OH is 1. The third-order valence-corrected chi connectivity index (χ3v) is 4.00. The second kappa shape index (κ2) is 9.29. The van der Waals surface area contributed by atoms with Gasteiger partial charge in [0.1, 0.15) is 0 Å². The van der Waals surface area contributed by atoms with E-state index < -0.39 is 0 Å². The van der Waals surface area contributed by atoms with Gasteiger partial charge in [-0.15, -0.1) is 0 Å². The van der Waals surface area contributed by atoms with Crippen LogP contribution in [0.5, 0.6) is 0 Å². The Morgan fingerprint density at radius 3 is 1.74 bits per heavy atom. The van der Waals surface area contributed by atoms with Crippen LogP contribution in [0, 0.1) is 5.92 Å².